The second kappa shape index (κ2) is 25.8. The molecule has 0 fully saturated rings. The van der Waals surface area contributed by atoms with Crippen LogP contribution < -0.4 is 46.0 Å². The van der Waals surface area contributed by atoms with Crippen molar-refractivity contribution in [2.24, 2.45) is 0 Å². The molecule has 0 amide bonds. The molecule has 0 nitrogen and oxygen atoms in total. The normalized spacial score (nSPS) is 11.8. The van der Waals surface area contributed by atoms with Gasteiger partial charge in [0, 0.05) is 0 Å². The quantitative estimate of drug-likeness (QED) is 0.122. The van der Waals surface area contributed by atoms with Crippen molar-refractivity contribution in [1.82, 2.24) is 0 Å². The van der Waals surface area contributed by atoms with Crippen LogP contribution in [0.25, 0.3) is 43.1 Å². The molecule has 8 rings (SSSR count). The molecule has 340 valence electrons. The Morgan fingerprint density at radius 3 is 0.688 bits per heavy atom. The van der Waals surface area contributed by atoms with Gasteiger partial charge in [0.05, 0.1) is 0 Å². The van der Waals surface area contributed by atoms with E-state index in [-0.39, 0.29) is 109 Å². The van der Waals surface area contributed by atoms with Gasteiger partial charge < -0.3 is 24.8 Å². The summed E-state index contributed by atoms with van der Waals surface area (Å²) in [6.45, 7) is 37.7. The zero-order valence-electron chi connectivity index (χ0n) is 41.4. The molecule has 0 aliphatic heterocycles. The van der Waals surface area contributed by atoms with Crippen LogP contribution in [0.4, 0.5) is 0 Å². The molecule has 0 aromatic heterocycles. The molecular weight excluding hydrogens is 1050 g/mol. The third-order valence-corrected chi connectivity index (χ3v) is 20.1. The smallest absolute Gasteiger partial charge is 1.00 e. The van der Waals surface area contributed by atoms with Gasteiger partial charge in [0.1, 0.15) is 0 Å². The van der Waals surface area contributed by atoms with Crippen LogP contribution in [-0.2, 0) is 52.4 Å². The maximum Gasteiger partial charge on any atom is 2.00 e. The second-order valence-corrected chi connectivity index (χ2v) is 32.9. The Kier molecular flexibility index (Phi) is 24.8. The average Bonchev–Trinajstić information content (AvgIpc) is 3.93. The molecule has 0 spiro atoms. The Labute approximate surface area is 444 Å². The van der Waals surface area contributed by atoms with Crippen molar-refractivity contribution in [3.63, 3.8) is 0 Å². The van der Waals surface area contributed by atoms with Gasteiger partial charge in [-0.3, -0.25) is 0 Å². The molecule has 8 aromatic rings. The average molecular weight is 1120 g/mol. The van der Waals surface area contributed by atoms with Crippen LogP contribution in [0.15, 0.2) is 146 Å². The second-order valence-electron chi connectivity index (χ2n) is 20.5. The largest absolute Gasteiger partial charge is 2.00 e. The van der Waals surface area contributed by atoms with E-state index in [0.29, 0.717) is 20.6 Å². The van der Waals surface area contributed by atoms with Gasteiger partial charge in [-0.05, 0) is 47.3 Å². The fourth-order valence-electron chi connectivity index (χ4n) is 8.87. The summed E-state index contributed by atoms with van der Waals surface area (Å²) in [4.78, 5) is 0. The predicted octanol–water partition coefficient (Wildman–Crippen LogP) is 10.4. The van der Waals surface area contributed by atoms with E-state index >= 15 is 0 Å². The fraction of sp³-hybridized carbons (Fsp3) is 0.357. The minimum absolute atomic E-state index is 0. The summed E-state index contributed by atoms with van der Waals surface area (Å²) in [5.74, 6) is 0. The topological polar surface area (TPSA) is 0 Å². The molecule has 0 N–H and O–H groups in total. The molecule has 8 heteroatoms. The maximum absolute atomic E-state index is 2.40. The number of hydrogen-bond acceptors (Lipinski definition) is 0. The van der Waals surface area contributed by atoms with Gasteiger partial charge in [-0.25, -0.2) is 0 Å². The molecular formula is C56H72Cl2P4Zr2-2. The maximum atomic E-state index is 2.40. The molecule has 0 saturated heterocycles. The van der Waals surface area contributed by atoms with Crippen LogP contribution in [0, 0.1) is 0 Å². The van der Waals surface area contributed by atoms with E-state index in [1.807, 2.05) is 0 Å². The minimum Gasteiger partial charge on any atom is -1.00 e. The molecule has 0 aliphatic rings. The van der Waals surface area contributed by atoms with Crippen LogP contribution in [0.5, 0.6) is 0 Å². The molecule has 8 aromatic carbocycles. The summed E-state index contributed by atoms with van der Waals surface area (Å²) in [6.07, 6.45) is 0. The van der Waals surface area contributed by atoms with E-state index in [4.69, 9.17) is 0 Å². The monoisotopic (exact) mass is 1120 g/mol. The third kappa shape index (κ3) is 16.8. The Morgan fingerprint density at radius 1 is 0.312 bits per heavy atom. The molecule has 0 saturated carbocycles. The Balaban J connectivity index is 0.000000424. The van der Waals surface area contributed by atoms with E-state index in [2.05, 4.69) is 255 Å². The molecule has 0 unspecified atom stereocenters. The minimum atomic E-state index is -0.185. The Bertz CT molecular complexity index is 2240. The zero-order valence-corrected chi connectivity index (χ0v) is 51.4. The van der Waals surface area contributed by atoms with Crippen LogP contribution >= 0.6 is 31.7 Å². The first-order valence-corrected chi connectivity index (χ1v) is 28.7. The van der Waals surface area contributed by atoms with E-state index in [1.54, 1.807) is 10.6 Å². The first-order chi connectivity index (χ1) is 27.9. The van der Waals surface area contributed by atoms with Crippen LogP contribution in [0.1, 0.15) is 83.1 Å². The molecule has 64 heavy (non-hydrogen) atoms. The number of benzene rings is 4. The predicted molar refractivity (Wildman–Crippen MR) is 287 cm³/mol. The van der Waals surface area contributed by atoms with Crippen molar-refractivity contribution in [1.29, 1.82) is 0 Å². The van der Waals surface area contributed by atoms with Gasteiger partial charge in [-0.1, -0.05) is 123 Å². The number of halogens is 2. The summed E-state index contributed by atoms with van der Waals surface area (Å²) in [7, 11) is -0.254. The first-order valence-electron chi connectivity index (χ1n) is 21.5. The molecule has 0 aliphatic carbocycles. The van der Waals surface area contributed by atoms with Crippen LogP contribution in [-0.4, -0.2) is 47.3 Å². The van der Waals surface area contributed by atoms with Crippen molar-refractivity contribution in [2.45, 2.75) is 104 Å². The van der Waals surface area contributed by atoms with E-state index in [1.165, 1.54) is 53.7 Å². The molecule has 0 atom stereocenters. The van der Waals surface area contributed by atoms with Gasteiger partial charge in [0.25, 0.3) is 0 Å². The van der Waals surface area contributed by atoms with Crippen LogP contribution in [0.2, 0.25) is 0 Å². The van der Waals surface area contributed by atoms with Gasteiger partial charge in [-0.2, -0.15) is 24.3 Å². The standard InChI is InChI=1S/2C17H24P.2C11H12P.2ClH.2Zr/c2*1-16(2,3)18(17(4,5)6)15-11-13-9-7-8-10-14(13)12-15;2*1-12(2)11-7-9-5-3-4-6-10(9)8-11;;;;/h2*7-12H,1-6H3;2*3-8H,1-2H3;2*1H;;/q4*-1;;;2*+2/p-2. The van der Waals surface area contributed by atoms with Crippen molar-refractivity contribution in [3.8, 4) is 0 Å². The van der Waals surface area contributed by atoms with Gasteiger partial charge in [0.15, 0.2) is 0 Å². The molecule has 0 heterocycles. The summed E-state index contributed by atoms with van der Waals surface area (Å²) < 4.78 is 0. The van der Waals surface area contributed by atoms with Crippen molar-refractivity contribution >= 4 is 96.0 Å². The van der Waals surface area contributed by atoms with Crippen molar-refractivity contribution < 1.29 is 77.2 Å². The Morgan fingerprint density at radius 2 is 0.500 bits per heavy atom. The van der Waals surface area contributed by atoms with Gasteiger partial charge >= 0.3 is 52.4 Å². The van der Waals surface area contributed by atoms with Crippen molar-refractivity contribution in [3.05, 3.63) is 146 Å². The SMILES string of the molecule is CC(C)(C)P(c1cc2ccccc2[cH-]1)C(C)(C)C.CC(C)(C)P(c1cc2ccccc2[cH-]1)C(C)(C)C.CP(C)c1cc2ccccc2[cH-]1.CP(C)c1cc2ccccc2[cH-]1.[Cl-].[Cl-].[Zr+2].[Zr+2]. The molecule has 0 radical (unpaired) electrons. The summed E-state index contributed by atoms with van der Waals surface area (Å²) in [5.41, 5.74) is 0. The van der Waals surface area contributed by atoms with Gasteiger partial charge in [0.2, 0.25) is 0 Å². The summed E-state index contributed by atoms with van der Waals surface area (Å²) in [5, 5.41) is 18.5. The van der Waals surface area contributed by atoms with Gasteiger partial charge in [-0.15, -0.1) is 177 Å². The summed E-state index contributed by atoms with van der Waals surface area (Å²) in [6, 6.07) is 53.3. The third-order valence-electron chi connectivity index (χ3n) is 10.6. The first kappa shape index (κ1) is 61.4. The Hall–Kier alpha value is -0.614. The van der Waals surface area contributed by atoms with Crippen LogP contribution in [0.3, 0.4) is 0 Å². The van der Waals surface area contributed by atoms with E-state index in [0.717, 1.165) is 0 Å². The number of fused-ring (bicyclic) bond motifs is 4. The van der Waals surface area contributed by atoms with E-state index < -0.39 is 0 Å². The summed E-state index contributed by atoms with van der Waals surface area (Å²) >= 11 is 0. The van der Waals surface area contributed by atoms with Crippen molar-refractivity contribution in [2.75, 3.05) is 26.7 Å². The number of hydrogen-bond donors (Lipinski definition) is 0. The fourth-order valence-corrected chi connectivity index (χ4v) is 18.7. The zero-order chi connectivity index (χ0) is 44.2. The van der Waals surface area contributed by atoms with E-state index in [9.17, 15) is 0 Å². The molecule has 0 bridgehead atoms. The number of rotatable bonds is 4.